The number of anilines is 1. The highest BCUT2D eigenvalue weighted by molar-refractivity contribution is 6.22. The van der Waals surface area contributed by atoms with E-state index in [1.54, 1.807) is 19.2 Å². The second-order valence-corrected chi connectivity index (χ2v) is 4.30. The van der Waals surface area contributed by atoms with Crippen LogP contribution < -0.4 is 5.32 Å². The number of carbonyl (C=O) groups excluding carboxylic acids is 2. The first-order valence-corrected chi connectivity index (χ1v) is 5.55. The summed E-state index contributed by atoms with van der Waals surface area (Å²) in [6.45, 7) is 0. The summed E-state index contributed by atoms with van der Waals surface area (Å²) in [5.41, 5.74) is 2.41. The van der Waals surface area contributed by atoms with Crippen LogP contribution in [0.2, 0.25) is 0 Å². The number of nitrogens with one attached hydrogen (secondary N) is 1. The number of hydrogen-bond acceptors (Lipinski definition) is 4. The van der Waals surface area contributed by atoms with Crippen molar-refractivity contribution in [3.05, 3.63) is 23.3 Å². The zero-order valence-corrected chi connectivity index (χ0v) is 10.3. The van der Waals surface area contributed by atoms with Gasteiger partial charge in [-0.15, -0.1) is 0 Å². The maximum absolute atomic E-state index is 11.9. The molecular formula is C12H12N4O2. The summed E-state index contributed by atoms with van der Waals surface area (Å²) >= 11 is 0. The minimum Gasteiger partial charge on any atom is -0.359 e. The van der Waals surface area contributed by atoms with Gasteiger partial charge in [0.25, 0.3) is 11.8 Å². The standard InChI is InChI=1S/C12H12N4O2/c1-13-12-14-8-4-6-7(5-9(8)15(12)2)11(18)16(3)10(6)17/h4-5H,1-3H3,(H,13,14). The zero-order valence-electron chi connectivity index (χ0n) is 10.3. The van der Waals surface area contributed by atoms with E-state index in [-0.39, 0.29) is 11.8 Å². The lowest BCUT2D eigenvalue weighted by molar-refractivity contribution is 0.0693. The maximum Gasteiger partial charge on any atom is 0.261 e. The predicted molar refractivity (Wildman–Crippen MR) is 66.7 cm³/mol. The van der Waals surface area contributed by atoms with Crippen LogP contribution in [-0.2, 0) is 7.05 Å². The Morgan fingerprint density at radius 2 is 1.72 bits per heavy atom. The molecule has 0 aliphatic carbocycles. The summed E-state index contributed by atoms with van der Waals surface area (Å²) in [5.74, 6) is 0.166. The number of imide groups is 1. The number of amides is 2. The van der Waals surface area contributed by atoms with E-state index in [0.29, 0.717) is 22.6 Å². The summed E-state index contributed by atoms with van der Waals surface area (Å²) < 4.78 is 1.85. The number of benzene rings is 1. The number of aromatic nitrogens is 2. The van der Waals surface area contributed by atoms with Crippen LogP contribution in [0.3, 0.4) is 0 Å². The molecule has 2 aromatic rings. The fourth-order valence-corrected chi connectivity index (χ4v) is 2.27. The van der Waals surface area contributed by atoms with E-state index in [4.69, 9.17) is 0 Å². The second-order valence-electron chi connectivity index (χ2n) is 4.30. The van der Waals surface area contributed by atoms with E-state index in [2.05, 4.69) is 10.3 Å². The van der Waals surface area contributed by atoms with Gasteiger partial charge in [0.15, 0.2) is 0 Å². The van der Waals surface area contributed by atoms with Crippen LogP contribution in [0.15, 0.2) is 12.1 Å². The lowest BCUT2D eigenvalue weighted by Gasteiger charge is -2.02. The summed E-state index contributed by atoms with van der Waals surface area (Å²) in [6, 6.07) is 3.40. The van der Waals surface area contributed by atoms with Crippen LogP contribution in [0.5, 0.6) is 0 Å². The molecule has 0 saturated heterocycles. The minimum atomic E-state index is -0.270. The molecule has 1 aliphatic rings. The summed E-state index contributed by atoms with van der Waals surface area (Å²) in [5, 5.41) is 2.96. The monoisotopic (exact) mass is 244 g/mol. The predicted octanol–water partition coefficient (Wildman–Crippen LogP) is 0.841. The van der Waals surface area contributed by atoms with E-state index in [1.165, 1.54) is 7.05 Å². The van der Waals surface area contributed by atoms with Crippen LogP contribution in [0.1, 0.15) is 20.7 Å². The van der Waals surface area contributed by atoms with Gasteiger partial charge in [-0.2, -0.15) is 0 Å². The Kier molecular flexibility index (Phi) is 1.98. The van der Waals surface area contributed by atoms with Crippen LogP contribution in [0.25, 0.3) is 11.0 Å². The molecule has 1 N–H and O–H groups in total. The summed E-state index contributed by atoms with van der Waals surface area (Å²) in [7, 11) is 5.12. The molecule has 2 amide bonds. The smallest absolute Gasteiger partial charge is 0.261 e. The zero-order chi connectivity index (χ0) is 13.0. The van der Waals surface area contributed by atoms with Gasteiger partial charge in [-0.1, -0.05) is 0 Å². The van der Waals surface area contributed by atoms with Crippen LogP contribution >= 0.6 is 0 Å². The number of nitrogens with zero attached hydrogens (tertiary/aromatic N) is 3. The molecule has 0 fully saturated rings. The Hall–Kier alpha value is -2.37. The quantitative estimate of drug-likeness (QED) is 0.755. The van der Waals surface area contributed by atoms with Crippen molar-refractivity contribution in [2.45, 2.75) is 0 Å². The van der Waals surface area contributed by atoms with Gasteiger partial charge in [-0.3, -0.25) is 14.5 Å². The molecule has 92 valence electrons. The summed E-state index contributed by atoms with van der Waals surface area (Å²) in [6.07, 6.45) is 0. The second kappa shape index (κ2) is 3.32. The van der Waals surface area contributed by atoms with Gasteiger partial charge in [0.05, 0.1) is 22.2 Å². The molecule has 0 bridgehead atoms. The molecule has 3 rings (SSSR count). The van der Waals surface area contributed by atoms with Crippen LogP contribution in [-0.4, -0.2) is 40.4 Å². The van der Waals surface area contributed by atoms with Crippen molar-refractivity contribution in [2.24, 2.45) is 7.05 Å². The maximum atomic E-state index is 11.9. The Balaban J connectivity index is 2.34. The molecule has 2 heterocycles. The van der Waals surface area contributed by atoms with Gasteiger partial charge in [0, 0.05) is 21.1 Å². The summed E-state index contributed by atoms with van der Waals surface area (Å²) in [4.78, 5) is 29.3. The Morgan fingerprint density at radius 3 is 2.33 bits per heavy atom. The molecule has 1 aliphatic heterocycles. The van der Waals surface area contributed by atoms with Gasteiger partial charge >= 0.3 is 0 Å². The Labute approximate surface area is 103 Å². The van der Waals surface area contributed by atoms with Crippen molar-refractivity contribution in [1.82, 2.24) is 14.5 Å². The van der Waals surface area contributed by atoms with Gasteiger partial charge in [0.2, 0.25) is 5.95 Å². The van der Waals surface area contributed by atoms with Crippen LogP contribution in [0, 0.1) is 0 Å². The molecule has 6 nitrogen and oxygen atoms in total. The highest BCUT2D eigenvalue weighted by Gasteiger charge is 2.33. The van der Waals surface area contributed by atoms with Crippen molar-refractivity contribution in [3.63, 3.8) is 0 Å². The first-order chi connectivity index (χ1) is 8.54. The molecular weight excluding hydrogens is 232 g/mol. The Morgan fingerprint density at radius 1 is 1.11 bits per heavy atom. The van der Waals surface area contributed by atoms with Crippen molar-refractivity contribution in [3.8, 4) is 0 Å². The van der Waals surface area contributed by atoms with Gasteiger partial charge < -0.3 is 9.88 Å². The fraction of sp³-hybridized carbons (Fsp3) is 0.250. The van der Waals surface area contributed by atoms with Gasteiger partial charge in [-0.05, 0) is 12.1 Å². The third kappa shape index (κ3) is 1.14. The van der Waals surface area contributed by atoms with E-state index >= 15 is 0 Å². The lowest BCUT2D eigenvalue weighted by atomic mass is 10.1. The van der Waals surface area contributed by atoms with Crippen molar-refractivity contribution < 1.29 is 9.59 Å². The molecule has 0 unspecified atom stereocenters. The van der Waals surface area contributed by atoms with E-state index in [9.17, 15) is 9.59 Å². The molecule has 0 radical (unpaired) electrons. The Bertz CT molecular complexity index is 702. The molecule has 0 saturated carbocycles. The minimum absolute atomic E-state index is 0.260. The average Bonchev–Trinajstić information content (AvgIpc) is 2.80. The highest BCUT2D eigenvalue weighted by Crippen LogP contribution is 2.28. The van der Waals surface area contributed by atoms with Crippen molar-refractivity contribution in [1.29, 1.82) is 0 Å². The number of aryl methyl sites for hydroxylation is 1. The fourth-order valence-electron chi connectivity index (χ4n) is 2.27. The molecule has 1 aromatic carbocycles. The number of imidazole rings is 1. The van der Waals surface area contributed by atoms with Crippen LogP contribution in [0.4, 0.5) is 5.95 Å². The normalized spacial score (nSPS) is 14.5. The van der Waals surface area contributed by atoms with Gasteiger partial charge in [0.1, 0.15) is 0 Å². The molecule has 1 aromatic heterocycles. The topological polar surface area (TPSA) is 67.2 Å². The molecule has 0 atom stereocenters. The molecule has 6 heteroatoms. The lowest BCUT2D eigenvalue weighted by Crippen LogP contribution is -2.24. The van der Waals surface area contributed by atoms with E-state index in [0.717, 1.165) is 10.4 Å². The first kappa shape index (κ1) is 10.8. The van der Waals surface area contributed by atoms with E-state index in [1.807, 2.05) is 11.6 Å². The van der Waals surface area contributed by atoms with Gasteiger partial charge in [-0.25, -0.2) is 4.98 Å². The molecule has 18 heavy (non-hydrogen) atoms. The number of carbonyl (C=O) groups is 2. The number of hydrogen-bond donors (Lipinski definition) is 1. The SMILES string of the molecule is CNc1nc2cc3c(cc2n1C)C(=O)N(C)C3=O. The third-order valence-electron chi connectivity index (χ3n) is 3.31. The number of rotatable bonds is 1. The largest absolute Gasteiger partial charge is 0.359 e. The average molecular weight is 244 g/mol. The van der Waals surface area contributed by atoms with E-state index < -0.39 is 0 Å². The van der Waals surface area contributed by atoms with Crippen molar-refractivity contribution >= 4 is 28.8 Å². The molecule has 0 spiro atoms. The van der Waals surface area contributed by atoms with Crippen molar-refractivity contribution in [2.75, 3.05) is 19.4 Å². The first-order valence-electron chi connectivity index (χ1n) is 5.55. The number of fused-ring (bicyclic) bond motifs is 2. The third-order valence-corrected chi connectivity index (χ3v) is 3.31. The highest BCUT2D eigenvalue weighted by atomic mass is 16.2.